The fourth-order valence-electron chi connectivity index (χ4n) is 4.06. The third-order valence-corrected chi connectivity index (χ3v) is 6.09. The quantitative estimate of drug-likeness (QED) is 0.483. The molecule has 1 aliphatic heterocycles. The van der Waals surface area contributed by atoms with Crippen molar-refractivity contribution in [2.24, 2.45) is 0 Å². The van der Waals surface area contributed by atoms with E-state index in [4.69, 9.17) is 0 Å². The lowest BCUT2D eigenvalue weighted by atomic mass is 10.1. The first-order chi connectivity index (χ1) is 16.6. The molecule has 0 spiro atoms. The van der Waals surface area contributed by atoms with Crippen LogP contribution >= 0.6 is 0 Å². The number of fused-ring (bicyclic) bond motifs is 1. The summed E-state index contributed by atoms with van der Waals surface area (Å²) in [7, 11) is 2.17. The minimum absolute atomic E-state index is 0.148. The Kier molecular flexibility index (Phi) is 6.39. The minimum atomic E-state index is -0.148. The molecule has 6 nitrogen and oxygen atoms in total. The molecule has 6 heteroatoms. The molecule has 1 amide bonds. The predicted octanol–water partition coefficient (Wildman–Crippen LogP) is 3.73. The highest BCUT2D eigenvalue weighted by atomic mass is 16.1. The van der Waals surface area contributed by atoms with Crippen molar-refractivity contribution in [1.82, 2.24) is 19.2 Å². The van der Waals surface area contributed by atoms with Crippen molar-refractivity contribution in [3.05, 3.63) is 102 Å². The maximum atomic E-state index is 12.8. The molecular weight excluding hydrogens is 422 g/mol. The number of hydrogen-bond donors (Lipinski definition) is 1. The van der Waals surface area contributed by atoms with Crippen molar-refractivity contribution in [2.45, 2.75) is 6.54 Å². The zero-order valence-corrected chi connectivity index (χ0v) is 19.2. The number of imidazole rings is 1. The lowest BCUT2D eigenvalue weighted by molar-refractivity contribution is 0.102. The second-order valence-electron chi connectivity index (χ2n) is 8.63. The van der Waals surface area contributed by atoms with Crippen molar-refractivity contribution in [3.63, 3.8) is 0 Å². The van der Waals surface area contributed by atoms with Crippen LogP contribution in [0.25, 0.3) is 5.65 Å². The maximum absolute atomic E-state index is 12.8. The minimum Gasteiger partial charge on any atom is -0.322 e. The first-order valence-corrected chi connectivity index (χ1v) is 11.5. The number of hydrogen-bond acceptors (Lipinski definition) is 4. The first kappa shape index (κ1) is 21.9. The summed E-state index contributed by atoms with van der Waals surface area (Å²) in [5.74, 6) is 6.15. The van der Waals surface area contributed by atoms with Crippen LogP contribution in [0, 0.1) is 11.8 Å². The molecule has 0 aliphatic carbocycles. The fourth-order valence-corrected chi connectivity index (χ4v) is 4.06. The SMILES string of the molecule is CN1CCN(Cc2ccc(NC(=O)c3cccc(C#Cc4cnc5ccccn45)c3)cc2)CC1. The molecule has 0 atom stereocenters. The fraction of sp³-hybridized carbons (Fsp3) is 0.214. The number of pyridine rings is 1. The van der Waals surface area contributed by atoms with Gasteiger partial charge in [0.1, 0.15) is 11.3 Å². The number of piperazine rings is 1. The number of amides is 1. The summed E-state index contributed by atoms with van der Waals surface area (Å²) in [4.78, 5) is 22.0. The van der Waals surface area contributed by atoms with Gasteiger partial charge < -0.3 is 10.2 Å². The zero-order valence-electron chi connectivity index (χ0n) is 19.2. The van der Waals surface area contributed by atoms with Crippen molar-refractivity contribution in [3.8, 4) is 11.8 Å². The van der Waals surface area contributed by atoms with Crippen molar-refractivity contribution in [2.75, 3.05) is 38.5 Å². The summed E-state index contributed by atoms with van der Waals surface area (Å²) in [6.07, 6.45) is 3.69. The van der Waals surface area contributed by atoms with Crippen molar-refractivity contribution >= 4 is 17.2 Å². The molecule has 4 aromatic rings. The summed E-state index contributed by atoms with van der Waals surface area (Å²) in [5.41, 5.74) is 5.06. The average molecular weight is 450 g/mol. The van der Waals surface area contributed by atoms with Gasteiger partial charge in [-0.15, -0.1) is 0 Å². The van der Waals surface area contributed by atoms with Gasteiger partial charge in [-0.1, -0.05) is 30.2 Å². The van der Waals surface area contributed by atoms with E-state index in [-0.39, 0.29) is 5.91 Å². The third-order valence-electron chi connectivity index (χ3n) is 6.09. The van der Waals surface area contributed by atoms with Crippen LogP contribution in [0.2, 0.25) is 0 Å². The smallest absolute Gasteiger partial charge is 0.255 e. The molecule has 2 aromatic heterocycles. The van der Waals surface area contributed by atoms with E-state index in [1.54, 1.807) is 12.3 Å². The Labute approximate surface area is 199 Å². The van der Waals surface area contributed by atoms with Crippen LogP contribution in [0.5, 0.6) is 0 Å². The van der Waals surface area contributed by atoms with Crippen LogP contribution in [0.1, 0.15) is 27.2 Å². The molecule has 5 rings (SSSR count). The molecule has 0 saturated carbocycles. The average Bonchev–Trinajstić information content (AvgIpc) is 3.29. The second kappa shape index (κ2) is 9.92. The molecule has 3 heterocycles. The van der Waals surface area contributed by atoms with Gasteiger partial charge >= 0.3 is 0 Å². The summed E-state index contributed by atoms with van der Waals surface area (Å²) < 4.78 is 1.94. The summed E-state index contributed by atoms with van der Waals surface area (Å²) in [6, 6.07) is 21.3. The third kappa shape index (κ3) is 5.18. The van der Waals surface area contributed by atoms with Crippen LogP contribution < -0.4 is 5.32 Å². The number of benzene rings is 2. The van der Waals surface area contributed by atoms with Gasteiger partial charge in [-0.2, -0.15) is 0 Å². The molecule has 34 heavy (non-hydrogen) atoms. The molecule has 2 aromatic carbocycles. The van der Waals surface area contributed by atoms with Gasteiger partial charge in [0.15, 0.2) is 0 Å². The molecule has 1 saturated heterocycles. The Hall–Kier alpha value is -3.92. The lowest BCUT2D eigenvalue weighted by Gasteiger charge is -2.32. The number of carbonyl (C=O) groups is 1. The molecule has 1 fully saturated rings. The van der Waals surface area contributed by atoms with Crippen LogP contribution in [0.15, 0.2) is 79.1 Å². The highest BCUT2D eigenvalue weighted by Gasteiger charge is 2.14. The molecule has 0 unspecified atom stereocenters. The normalized spacial score (nSPS) is 14.5. The molecule has 0 bridgehead atoms. The van der Waals surface area contributed by atoms with E-state index in [0.717, 1.165) is 55.3 Å². The van der Waals surface area contributed by atoms with Crippen LogP contribution in [-0.4, -0.2) is 58.3 Å². The maximum Gasteiger partial charge on any atom is 0.255 e. The van der Waals surface area contributed by atoms with Gasteiger partial charge in [-0.3, -0.25) is 14.1 Å². The zero-order chi connectivity index (χ0) is 23.3. The monoisotopic (exact) mass is 449 g/mol. The van der Waals surface area contributed by atoms with E-state index < -0.39 is 0 Å². The van der Waals surface area contributed by atoms with Gasteiger partial charge in [-0.05, 0) is 61.0 Å². The van der Waals surface area contributed by atoms with E-state index in [2.05, 4.69) is 51.1 Å². The van der Waals surface area contributed by atoms with Crippen LogP contribution in [-0.2, 0) is 6.54 Å². The van der Waals surface area contributed by atoms with Crippen LogP contribution in [0.3, 0.4) is 0 Å². The van der Waals surface area contributed by atoms with Gasteiger partial charge in [0.25, 0.3) is 5.91 Å². The van der Waals surface area contributed by atoms with Gasteiger partial charge in [0, 0.05) is 55.7 Å². The Bertz CT molecular complexity index is 1350. The first-order valence-electron chi connectivity index (χ1n) is 11.5. The Balaban J connectivity index is 1.23. The molecule has 0 radical (unpaired) electrons. The Morgan fingerprint density at radius 2 is 1.79 bits per heavy atom. The van der Waals surface area contributed by atoms with E-state index >= 15 is 0 Å². The predicted molar refractivity (Wildman–Crippen MR) is 135 cm³/mol. The lowest BCUT2D eigenvalue weighted by Crippen LogP contribution is -2.43. The standard InChI is InChI=1S/C28H27N5O/c1-31-15-17-32(18-16-31)21-23-8-11-25(12-9-23)30-28(34)24-6-4-5-22(19-24)10-13-26-20-29-27-7-2-3-14-33(26)27/h2-9,11-12,14,19-20H,15-18,21H2,1H3,(H,30,34). The number of likely N-dealkylation sites (N-methyl/N-ethyl adjacent to an activating group) is 1. The highest BCUT2D eigenvalue weighted by Crippen LogP contribution is 2.15. The summed E-state index contributed by atoms with van der Waals surface area (Å²) in [6.45, 7) is 5.33. The number of nitrogens with zero attached hydrogens (tertiary/aromatic N) is 4. The topological polar surface area (TPSA) is 52.9 Å². The van der Waals surface area contributed by atoms with Crippen LogP contribution in [0.4, 0.5) is 5.69 Å². The Morgan fingerprint density at radius 3 is 2.62 bits per heavy atom. The molecule has 170 valence electrons. The Morgan fingerprint density at radius 1 is 0.971 bits per heavy atom. The van der Waals surface area contributed by atoms with Gasteiger partial charge in [0.05, 0.1) is 6.20 Å². The van der Waals surface area contributed by atoms with E-state index in [1.807, 2.05) is 59.1 Å². The number of rotatable bonds is 4. The van der Waals surface area contributed by atoms with Crippen molar-refractivity contribution in [1.29, 1.82) is 0 Å². The number of anilines is 1. The number of aromatic nitrogens is 2. The molecule has 1 N–H and O–H groups in total. The summed E-state index contributed by atoms with van der Waals surface area (Å²) >= 11 is 0. The molecule has 1 aliphatic rings. The molecular formula is C28H27N5O. The van der Waals surface area contributed by atoms with E-state index in [0.29, 0.717) is 5.56 Å². The van der Waals surface area contributed by atoms with E-state index in [1.165, 1.54) is 5.56 Å². The van der Waals surface area contributed by atoms with Gasteiger partial charge in [0.2, 0.25) is 0 Å². The largest absolute Gasteiger partial charge is 0.322 e. The van der Waals surface area contributed by atoms with E-state index in [9.17, 15) is 4.79 Å². The number of nitrogens with one attached hydrogen (secondary N) is 1. The highest BCUT2D eigenvalue weighted by molar-refractivity contribution is 6.04. The number of carbonyl (C=O) groups excluding carboxylic acids is 1. The summed E-state index contributed by atoms with van der Waals surface area (Å²) in [5, 5.41) is 2.99. The van der Waals surface area contributed by atoms with Gasteiger partial charge in [-0.25, -0.2) is 4.98 Å². The van der Waals surface area contributed by atoms with Crippen molar-refractivity contribution < 1.29 is 4.79 Å². The second-order valence-corrected chi connectivity index (χ2v) is 8.63.